The third kappa shape index (κ3) is 2.14. The molecule has 0 spiro atoms. The van der Waals surface area contributed by atoms with Crippen LogP contribution in [0.4, 0.5) is 0 Å². The van der Waals surface area contributed by atoms with Gasteiger partial charge in [-0.15, -0.1) is 12.3 Å². The van der Waals surface area contributed by atoms with Gasteiger partial charge >= 0.3 is 0 Å². The number of allylic oxidation sites excluding steroid dienone is 1. The van der Waals surface area contributed by atoms with E-state index in [0.717, 1.165) is 25.9 Å². The maximum atomic E-state index is 5.15. The van der Waals surface area contributed by atoms with Crippen LogP contribution in [0.5, 0.6) is 0 Å². The molecule has 0 saturated carbocycles. The smallest absolute Gasteiger partial charge is 0.0876 e. The summed E-state index contributed by atoms with van der Waals surface area (Å²) in [7, 11) is 0. The van der Waals surface area contributed by atoms with Gasteiger partial charge in [0.2, 0.25) is 0 Å². The first-order valence-corrected chi connectivity index (χ1v) is 3.66. The van der Waals surface area contributed by atoms with Crippen LogP contribution >= 0.6 is 0 Å². The van der Waals surface area contributed by atoms with E-state index in [4.69, 9.17) is 11.2 Å². The van der Waals surface area contributed by atoms with E-state index in [0.29, 0.717) is 0 Å². The zero-order valence-corrected chi connectivity index (χ0v) is 6.10. The summed E-state index contributed by atoms with van der Waals surface area (Å²) < 4.78 is 5.15. The Bertz CT molecular complexity index is 162. The van der Waals surface area contributed by atoms with E-state index in [1.165, 1.54) is 12.0 Å². The van der Waals surface area contributed by atoms with Crippen molar-refractivity contribution in [2.75, 3.05) is 6.61 Å². The second-order valence-corrected chi connectivity index (χ2v) is 2.45. The molecule has 0 radical (unpaired) electrons. The predicted octanol–water partition coefficient (Wildman–Crippen LogP) is 2.09. The summed E-state index contributed by atoms with van der Waals surface area (Å²) in [6.07, 6.45) is 11.2. The van der Waals surface area contributed by atoms with Crippen molar-refractivity contribution in [3.8, 4) is 12.3 Å². The molecular weight excluding hydrogens is 124 g/mol. The van der Waals surface area contributed by atoms with Crippen molar-refractivity contribution in [2.45, 2.75) is 25.7 Å². The molecule has 1 rings (SSSR count). The standard InChI is InChI=1S/C9H12O/c1-2-3-5-9-6-4-7-10-8-9/h1,8H,3-7H2. The van der Waals surface area contributed by atoms with Crippen LogP contribution in [-0.4, -0.2) is 6.61 Å². The van der Waals surface area contributed by atoms with Crippen molar-refractivity contribution < 1.29 is 4.74 Å². The molecule has 0 unspecified atom stereocenters. The Hall–Kier alpha value is -0.900. The number of ether oxygens (including phenoxy) is 1. The Kier molecular flexibility index (Phi) is 2.89. The monoisotopic (exact) mass is 136 g/mol. The van der Waals surface area contributed by atoms with Crippen LogP contribution in [0, 0.1) is 12.3 Å². The highest BCUT2D eigenvalue weighted by Crippen LogP contribution is 2.15. The van der Waals surface area contributed by atoms with E-state index in [2.05, 4.69) is 5.92 Å². The van der Waals surface area contributed by atoms with Crippen molar-refractivity contribution in [2.24, 2.45) is 0 Å². The van der Waals surface area contributed by atoms with Crippen molar-refractivity contribution >= 4 is 0 Å². The average molecular weight is 136 g/mol. The minimum Gasteiger partial charge on any atom is -0.501 e. The lowest BCUT2D eigenvalue weighted by atomic mass is 10.1. The number of terminal acetylenes is 1. The number of hydrogen-bond acceptors (Lipinski definition) is 1. The lowest BCUT2D eigenvalue weighted by Crippen LogP contribution is -1.98. The molecule has 54 valence electrons. The maximum Gasteiger partial charge on any atom is 0.0876 e. The fourth-order valence-electron chi connectivity index (χ4n) is 1.03. The minimum atomic E-state index is 0.842. The molecule has 0 N–H and O–H groups in total. The molecule has 1 aliphatic rings. The second kappa shape index (κ2) is 4.00. The molecule has 0 aromatic carbocycles. The Balaban J connectivity index is 2.26. The lowest BCUT2D eigenvalue weighted by Gasteiger charge is -2.11. The zero-order valence-electron chi connectivity index (χ0n) is 6.10. The number of rotatable bonds is 2. The molecule has 0 aliphatic carbocycles. The molecule has 0 atom stereocenters. The fourth-order valence-corrected chi connectivity index (χ4v) is 1.03. The van der Waals surface area contributed by atoms with Crippen LogP contribution in [0.15, 0.2) is 11.8 Å². The van der Waals surface area contributed by atoms with Crippen molar-refractivity contribution in [3.05, 3.63) is 11.8 Å². The second-order valence-electron chi connectivity index (χ2n) is 2.45. The van der Waals surface area contributed by atoms with Gasteiger partial charge < -0.3 is 4.74 Å². The molecule has 0 aromatic heterocycles. The quantitative estimate of drug-likeness (QED) is 0.528. The Morgan fingerprint density at radius 2 is 2.60 bits per heavy atom. The molecule has 0 amide bonds. The first kappa shape index (κ1) is 7.21. The van der Waals surface area contributed by atoms with Gasteiger partial charge in [0, 0.05) is 6.42 Å². The molecule has 0 bridgehead atoms. The van der Waals surface area contributed by atoms with Gasteiger partial charge in [0.1, 0.15) is 0 Å². The van der Waals surface area contributed by atoms with Crippen LogP contribution in [0.25, 0.3) is 0 Å². The molecule has 1 nitrogen and oxygen atoms in total. The maximum absolute atomic E-state index is 5.15. The van der Waals surface area contributed by atoms with Gasteiger partial charge in [-0.3, -0.25) is 0 Å². The van der Waals surface area contributed by atoms with E-state index in [1.54, 1.807) is 0 Å². The molecule has 1 heteroatoms. The highest BCUT2D eigenvalue weighted by atomic mass is 16.5. The molecular formula is C9H12O. The normalized spacial score (nSPS) is 16.9. The molecule has 0 aromatic rings. The highest BCUT2D eigenvalue weighted by molar-refractivity contribution is 5.03. The summed E-state index contributed by atoms with van der Waals surface area (Å²) in [4.78, 5) is 0. The highest BCUT2D eigenvalue weighted by Gasteiger charge is 2.02. The third-order valence-electron chi connectivity index (χ3n) is 1.60. The van der Waals surface area contributed by atoms with Crippen LogP contribution in [0.2, 0.25) is 0 Å². The molecule has 1 aliphatic heterocycles. The summed E-state index contributed by atoms with van der Waals surface area (Å²) in [5.74, 6) is 2.62. The van der Waals surface area contributed by atoms with E-state index in [1.807, 2.05) is 6.26 Å². The Morgan fingerprint density at radius 3 is 3.20 bits per heavy atom. The van der Waals surface area contributed by atoms with E-state index in [-0.39, 0.29) is 0 Å². The average Bonchev–Trinajstić information content (AvgIpc) is 2.03. The van der Waals surface area contributed by atoms with Crippen LogP contribution in [0.1, 0.15) is 25.7 Å². The molecule has 0 fully saturated rings. The van der Waals surface area contributed by atoms with Gasteiger partial charge in [0.15, 0.2) is 0 Å². The minimum absolute atomic E-state index is 0.842. The number of hydrogen-bond donors (Lipinski definition) is 0. The predicted molar refractivity (Wildman–Crippen MR) is 41.3 cm³/mol. The van der Waals surface area contributed by atoms with Crippen molar-refractivity contribution in [3.63, 3.8) is 0 Å². The molecule has 0 saturated heterocycles. The Morgan fingerprint density at radius 1 is 1.70 bits per heavy atom. The first-order valence-electron chi connectivity index (χ1n) is 3.66. The zero-order chi connectivity index (χ0) is 7.23. The van der Waals surface area contributed by atoms with Gasteiger partial charge in [0.25, 0.3) is 0 Å². The van der Waals surface area contributed by atoms with E-state index >= 15 is 0 Å². The van der Waals surface area contributed by atoms with Crippen LogP contribution in [0.3, 0.4) is 0 Å². The third-order valence-corrected chi connectivity index (χ3v) is 1.60. The van der Waals surface area contributed by atoms with Crippen LogP contribution in [-0.2, 0) is 4.74 Å². The lowest BCUT2D eigenvalue weighted by molar-refractivity contribution is 0.223. The van der Waals surface area contributed by atoms with Gasteiger partial charge in [-0.25, -0.2) is 0 Å². The van der Waals surface area contributed by atoms with Gasteiger partial charge in [-0.1, -0.05) is 0 Å². The van der Waals surface area contributed by atoms with Crippen molar-refractivity contribution in [1.29, 1.82) is 0 Å². The first-order chi connectivity index (χ1) is 4.93. The summed E-state index contributed by atoms with van der Waals surface area (Å²) in [6, 6.07) is 0. The van der Waals surface area contributed by atoms with Crippen LogP contribution < -0.4 is 0 Å². The summed E-state index contributed by atoms with van der Waals surface area (Å²) in [5, 5.41) is 0. The largest absolute Gasteiger partial charge is 0.501 e. The molecule has 10 heavy (non-hydrogen) atoms. The Labute approximate surface area is 62.1 Å². The summed E-state index contributed by atoms with van der Waals surface area (Å²) in [6.45, 7) is 0.875. The topological polar surface area (TPSA) is 9.23 Å². The molecule has 1 heterocycles. The van der Waals surface area contributed by atoms with E-state index in [9.17, 15) is 0 Å². The summed E-state index contributed by atoms with van der Waals surface area (Å²) >= 11 is 0. The van der Waals surface area contributed by atoms with Gasteiger partial charge in [-0.05, 0) is 24.8 Å². The summed E-state index contributed by atoms with van der Waals surface area (Å²) in [5.41, 5.74) is 1.37. The van der Waals surface area contributed by atoms with Gasteiger partial charge in [-0.2, -0.15) is 0 Å². The fraction of sp³-hybridized carbons (Fsp3) is 0.556. The van der Waals surface area contributed by atoms with Crippen molar-refractivity contribution in [1.82, 2.24) is 0 Å². The van der Waals surface area contributed by atoms with E-state index < -0.39 is 0 Å². The SMILES string of the molecule is C#CCCC1=COCCC1. The van der Waals surface area contributed by atoms with Gasteiger partial charge in [0.05, 0.1) is 12.9 Å².